The van der Waals surface area contributed by atoms with E-state index in [0.29, 0.717) is 0 Å². The number of aryl methyl sites for hydroxylation is 1. The molecular formula is C15H12N2O3. The van der Waals surface area contributed by atoms with Gasteiger partial charge in [-0.2, -0.15) is 0 Å². The fraction of sp³-hybridized carbons (Fsp3) is 0.133. The largest absolute Gasteiger partial charge is 0.346 e. The lowest BCUT2D eigenvalue weighted by molar-refractivity contribution is -0.124. The first-order valence-electron chi connectivity index (χ1n) is 6.19. The highest BCUT2D eigenvalue weighted by Gasteiger charge is 2.39. The highest BCUT2D eigenvalue weighted by Crippen LogP contribution is 2.22. The van der Waals surface area contributed by atoms with Gasteiger partial charge in [-0.1, -0.05) is 30.3 Å². The molecule has 20 heavy (non-hydrogen) atoms. The number of carbonyl (C=O) groups excluding carboxylic acids is 3. The minimum absolute atomic E-state index is 0.106. The molecule has 0 unspecified atom stereocenters. The van der Waals surface area contributed by atoms with E-state index in [2.05, 4.69) is 0 Å². The normalized spacial score (nSPS) is 14.7. The van der Waals surface area contributed by atoms with Gasteiger partial charge in [-0.05, 0) is 11.6 Å². The molecule has 5 nitrogen and oxygen atoms in total. The van der Waals surface area contributed by atoms with Crippen LogP contribution in [0, 0.1) is 0 Å². The summed E-state index contributed by atoms with van der Waals surface area (Å²) in [6.45, 7) is 0.106. The molecule has 0 N–H and O–H groups in total. The smallest absolute Gasteiger partial charge is 0.302 e. The van der Waals surface area contributed by atoms with Gasteiger partial charge in [-0.25, -0.2) is 0 Å². The van der Waals surface area contributed by atoms with Crippen LogP contribution in [0.2, 0.25) is 0 Å². The van der Waals surface area contributed by atoms with Crippen LogP contribution in [0.5, 0.6) is 0 Å². The van der Waals surface area contributed by atoms with Gasteiger partial charge in [0.1, 0.15) is 5.69 Å². The van der Waals surface area contributed by atoms with Crippen molar-refractivity contribution in [3.63, 3.8) is 0 Å². The molecule has 2 heterocycles. The summed E-state index contributed by atoms with van der Waals surface area (Å²) in [4.78, 5) is 37.5. The van der Waals surface area contributed by atoms with Crippen LogP contribution >= 0.6 is 0 Å². The molecular weight excluding hydrogens is 256 g/mol. The van der Waals surface area contributed by atoms with Crippen LogP contribution in [0.4, 0.5) is 0 Å². The monoisotopic (exact) mass is 268 g/mol. The quantitative estimate of drug-likeness (QED) is 0.611. The van der Waals surface area contributed by atoms with Gasteiger partial charge in [0.2, 0.25) is 0 Å². The predicted octanol–water partition coefficient (Wildman–Crippen LogP) is 1.39. The summed E-state index contributed by atoms with van der Waals surface area (Å²) >= 11 is 0. The maximum atomic E-state index is 12.4. The molecule has 1 aromatic carbocycles. The Kier molecular flexibility index (Phi) is 2.75. The van der Waals surface area contributed by atoms with E-state index < -0.39 is 17.6 Å². The van der Waals surface area contributed by atoms with Crippen LogP contribution in [-0.4, -0.2) is 27.1 Å². The van der Waals surface area contributed by atoms with Gasteiger partial charge >= 0.3 is 5.91 Å². The second kappa shape index (κ2) is 4.45. The lowest BCUT2D eigenvalue weighted by Gasteiger charge is -2.24. The summed E-state index contributed by atoms with van der Waals surface area (Å²) in [6, 6.07) is 10.6. The molecule has 0 aliphatic carbocycles. The van der Waals surface area contributed by atoms with E-state index >= 15 is 0 Å². The molecule has 3 rings (SSSR count). The van der Waals surface area contributed by atoms with Crippen molar-refractivity contribution < 1.29 is 14.4 Å². The number of amides is 2. The Morgan fingerprint density at radius 3 is 2.35 bits per heavy atom. The van der Waals surface area contributed by atoms with Crippen LogP contribution in [0.15, 0.2) is 42.6 Å². The topological polar surface area (TPSA) is 59.4 Å². The third-order valence-electron chi connectivity index (χ3n) is 3.39. The van der Waals surface area contributed by atoms with Crippen molar-refractivity contribution in [2.45, 2.75) is 6.54 Å². The second-order valence-corrected chi connectivity index (χ2v) is 4.70. The van der Waals surface area contributed by atoms with Crippen LogP contribution in [-0.2, 0) is 18.4 Å². The van der Waals surface area contributed by atoms with Crippen LogP contribution in [0.3, 0.4) is 0 Å². The lowest BCUT2D eigenvalue weighted by Crippen LogP contribution is -2.46. The van der Waals surface area contributed by atoms with Crippen molar-refractivity contribution in [2.24, 2.45) is 7.05 Å². The number of benzene rings is 1. The van der Waals surface area contributed by atoms with E-state index in [0.717, 1.165) is 10.5 Å². The molecule has 0 radical (unpaired) electrons. The average molecular weight is 268 g/mol. The van der Waals surface area contributed by atoms with Gasteiger partial charge in [0, 0.05) is 13.2 Å². The molecule has 1 aliphatic rings. The van der Waals surface area contributed by atoms with Gasteiger partial charge in [0.15, 0.2) is 0 Å². The van der Waals surface area contributed by atoms with Crippen molar-refractivity contribution in [2.75, 3.05) is 0 Å². The SMILES string of the molecule is Cn1ccc2c1C(=O)N(Cc1ccccc1)C(=O)C2=O. The molecule has 1 aromatic heterocycles. The molecule has 1 aliphatic heterocycles. The van der Waals surface area contributed by atoms with E-state index in [4.69, 9.17) is 0 Å². The number of rotatable bonds is 2. The molecule has 0 spiro atoms. The standard InChI is InChI=1S/C15H12N2O3/c1-16-8-7-11-12(16)14(19)17(15(20)13(11)18)9-10-5-3-2-4-6-10/h2-8H,9H2,1H3. The van der Waals surface area contributed by atoms with Crippen LogP contribution < -0.4 is 0 Å². The maximum Gasteiger partial charge on any atom is 0.302 e. The number of hydrogen-bond acceptors (Lipinski definition) is 3. The van der Waals surface area contributed by atoms with Crippen molar-refractivity contribution in [3.8, 4) is 0 Å². The highest BCUT2D eigenvalue weighted by atomic mass is 16.2. The minimum atomic E-state index is -0.766. The number of aromatic nitrogens is 1. The molecule has 0 saturated heterocycles. The highest BCUT2D eigenvalue weighted by molar-refractivity contribution is 6.48. The fourth-order valence-corrected chi connectivity index (χ4v) is 2.35. The summed E-state index contributed by atoms with van der Waals surface area (Å²) in [7, 11) is 1.68. The maximum absolute atomic E-state index is 12.4. The summed E-state index contributed by atoms with van der Waals surface area (Å²) < 4.78 is 1.57. The van der Waals surface area contributed by atoms with Gasteiger partial charge < -0.3 is 4.57 Å². The summed E-state index contributed by atoms with van der Waals surface area (Å²) in [5.41, 5.74) is 1.26. The first kappa shape index (κ1) is 12.3. The number of fused-ring (bicyclic) bond motifs is 1. The van der Waals surface area contributed by atoms with Crippen LogP contribution in [0.1, 0.15) is 26.4 Å². The fourth-order valence-electron chi connectivity index (χ4n) is 2.35. The average Bonchev–Trinajstić information content (AvgIpc) is 2.84. The number of nitrogens with zero attached hydrogens (tertiary/aromatic N) is 2. The summed E-state index contributed by atoms with van der Waals surface area (Å²) in [5, 5.41) is 0. The van der Waals surface area contributed by atoms with Gasteiger partial charge in [0.25, 0.3) is 11.7 Å². The number of carbonyl (C=O) groups is 3. The van der Waals surface area contributed by atoms with E-state index in [9.17, 15) is 14.4 Å². The Morgan fingerprint density at radius 2 is 1.65 bits per heavy atom. The molecule has 100 valence electrons. The van der Waals surface area contributed by atoms with E-state index in [1.165, 1.54) is 6.07 Å². The van der Waals surface area contributed by atoms with Crippen molar-refractivity contribution in [1.29, 1.82) is 0 Å². The second-order valence-electron chi connectivity index (χ2n) is 4.70. The molecule has 0 atom stereocenters. The van der Waals surface area contributed by atoms with Crippen molar-refractivity contribution in [1.82, 2.24) is 9.47 Å². The molecule has 2 aromatic rings. The minimum Gasteiger partial charge on any atom is -0.346 e. The summed E-state index contributed by atoms with van der Waals surface area (Å²) in [5.74, 6) is -1.82. The van der Waals surface area contributed by atoms with Gasteiger partial charge in [-0.15, -0.1) is 0 Å². The molecule has 0 bridgehead atoms. The number of imide groups is 1. The number of ketones is 1. The number of hydrogen-bond donors (Lipinski definition) is 0. The van der Waals surface area contributed by atoms with Crippen molar-refractivity contribution >= 4 is 17.6 Å². The zero-order valence-electron chi connectivity index (χ0n) is 10.9. The first-order valence-corrected chi connectivity index (χ1v) is 6.19. The van der Waals surface area contributed by atoms with Crippen LogP contribution in [0.25, 0.3) is 0 Å². The van der Waals surface area contributed by atoms with Gasteiger partial charge in [-0.3, -0.25) is 19.3 Å². The van der Waals surface area contributed by atoms with E-state index in [1.54, 1.807) is 17.8 Å². The third kappa shape index (κ3) is 1.75. The Balaban J connectivity index is 2.01. The zero-order chi connectivity index (χ0) is 14.3. The molecule has 2 amide bonds. The third-order valence-corrected chi connectivity index (χ3v) is 3.39. The Morgan fingerprint density at radius 1 is 0.950 bits per heavy atom. The first-order chi connectivity index (χ1) is 9.59. The van der Waals surface area contributed by atoms with E-state index in [-0.39, 0.29) is 17.8 Å². The van der Waals surface area contributed by atoms with Gasteiger partial charge in [0.05, 0.1) is 12.1 Å². The van der Waals surface area contributed by atoms with Crippen molar-refractivity contribution in [3.05, 3.63) is 59.4 Å². The Bertz CT molecular complexity index is 716. The predicted molar refractivity (Wildman–Crippen MR) is 71.1 cm³/mol. The molecule has 0 fully saturated rings. The summed E-state index contributed by atoms with van der Waals surface area (Å²) in [6.07, 6.45) is 1.61. The van der Waals surface area contributed by atoms with E-state index in [1.807, 2.05) is 30.3 Å². The zero-order valence-corrected chi connectivity index (χ0v) is 10.9. The molecule has 5 heteroatoms. The Hall–Kier alpha value is -2.69. The molecule has 0 saturated carbocycles. The Labute approximate surface area is 115 Å². The number of Topliss-reactive ketones (excluding diaryl/α,β-unsaturated/α-hetero) is 1. The lowest BCUT2D eigenvalue weighted by atomic mass is 10.0.